The minimum absolute atomic E-state index is 0.0496. The zero-order valence-electron chi connectivity index (χ0n) is 15.4. The second-order valence-electron chi connectivity index (χ2n) is 6.55. The first kappa shape index (κ1) is 18.9. The highest BCUT2D eigenvalue weighted by atomic mass is 16.5. The number of ether oxygens (including phenoxy) is 1. The number of hydrogen-bond donors (Lipinski definition) is 1. The molecule has 2 aliphatic rings. The summed E-state index contributed by atoms with van der Waals surface area (Å²) in [7, 11) is 0. The molecule has 27 heavy (non-hydrogen) atoms. The van der Waals surface area contributed by atoms with E-state index in [1.54, 1.807) is 34.1 Å². The molecular weight excluding hydrogens is 348 g/mol. The molecule has 1 fully saturated rings. The first-order chi connectivity index (χ1) is 13.1. The summed E-state index contributed by atoms with van der Waals surface area (Å²) in [6.07, 6.45) is 1.57. The van der Waals surface area contributed by atoms with Crippen LogP contribution in [0.5, 0.6) is 5.75 Å². The van der Waals surface area contributed by atoms with Gasteiger partial charge in [-0.2, -0.15) is 5.10 Å². The zero-order valence-corrected chi connectivity index (χ0v) is 15.4. The Morgan fingerprint density at radius 1 is 1.04 bits per heavy atom. The Labute approximate surface area is 158 Å². The molecule has 1 saturated heterocycles. The average Bonchev–Trinajstić information content (AvgIpc) is 2.72. The Kier molecular flexibility index (Phi) is 6.05. The first-order valence-electron chi connectivity index (χ1n) is 9.25. The van der Waals surface area contributed by atoms with Crippen LogP contribution in [0.25, 0.3) is 0 Å². The molecule has 2 aliphatic heterocycles. The summed E-state index contributed by atoms with van der Waals surface area (Å²) in [6, 6.07) is 7.14. The van der Waals surface area contributed by atoms with Gasteiger partial charge in [-0.15, -0.1) is 0 Å². The summed E-state index contributed by atoms with van der Waals surface area (Å²) in [5.41, 5.74) is 3.33. The fourth-order valence-electron chi connectivity index (χ4n) is 3.02. The predicted molar refractivity (Wildman–Crippen MR) is 99.5 cm³/mol. The number of benzene rings is 1. The van der Waals surface area contributed by atoms with E-state index in [1.165, 1.54) is 0 Å². The molecule has 8 heteroatoms. The summed E-state index contributed by atoms with van der Waals surface area (Å²) in [5.74, 6) is 0.364. The lowest BCUT2D eigenvalue weighted by molar-refractivity contribution is -0.126. The number of hydrogen-bond acceptors (Lipinski definition) is 5. The monoisotopic (exact) mass is 372 g/mol. The van der Waals surface area contributed by atoms with E-state index in [-0.39, 0.29) is 24.1 Å². The van der Waals surface area contributed by atoms with Gasteiger partial charge in [0, 0.05) is 44.6 Å². The van der Waals surface area contributed by atoms with Crippen LogP contribution >= 0.6 is 0 Å². The summed E-state index contributed by atoms with van der Waals surface area (Å²) in [5, 5.41) is 3.85. The van der Waals surface area contributed by atoms with Crippen molar-refractivity contribution in [1.82, 2.24) is 15.2 Å². The maximum atomic E-state index is 12.6. The number of carbonyl (C=O) groups is 3. The molecule has 0 atom stereocenters. The molecule has 0 aliphatic carbocycles. The second kappa shape index (κ2) is 8.66. The topological polar surface area (TPSA) is 91.3 Å². The maximum Gasteiger partial charge on any atom is 0.270 e. The van der Waals surface area contributed by atoms with Crippen LogP contribution in [-0.4, -0.2) is 66.0 Å². The lowest BCUT2D eigenvalue weighted by atomic mass is 10.1. The minimum atomic E-state index is -0.173. The van der Waals surface area contributed by atoms with Gasteiger partial charge in [-0.3, -0.25) is 14.4 Å². The zero-order chi connectivity index (χ0) is 19.2. The minimum Gasteiger partial charge on any atom is -0.494 e. The fraction of sp³-hybridized carbons (Fsp3) is 0.474. The molecular formula is C19H24N4O4. The highest BCUT2D eigenvalue weighted by Crippen LogP contribution is 2.15. The van der Waals surface area contributed by atoms with Crippen molar-refractivity contribution in [2.75, 3.05) is 32.8 Å². The number of hydrazone groups is 1. The molecule has 0 spiro atoms. The lowest BCUT2D eigenvalue weighted by Crippen LogP contribution is -2.52. The third-order valence-corrected chi connectivity index (χ3v) is 4.58. The van der Waals surface area contributed by atoms with Gasteiger partial charge in [-0.25, -0.2) is 5.43 Å². The summed E-state index contributed by atoms with van der Waals surface area (Å²) in [6.45, 7) is 4.54. The molecule has 0 radical (unpaired) electrons. The van der Waals surface area contributed by atoms with Crippen LogP contribution in [-0.2, 0) is 9.59 Å². The molecule has 0 bridgehead atoms. The number of piperazine rings is 1. The van der Waals surface area contributed by atoms with Gasteiger partial charge >= 0.3 is 0 Å². The third kappa shape index (κ3) is 4.64. The SMILES string of the molecule is CCCOc1ccc(C(=O)N2CCN(C(=O)C3=NNC(=O)CC3)CC2)cc1. The van der Waals surface area contributed by atoms with Crippen molar-refractivity contribution in [3.8, 4) is 5.75 Å². The summed E-state index contributed by atoms with van der Waals surface area (Å²) in [4.78, 5) is 39.7. The maximum absolute atomic E-state index is 12.6. The van der Waals surface area contributed by atoms with Crippen molar-refractivity contribution in [1.29, 1.82) is 0 Å². The van der Waals surface area contributed by atoms with Crippen molar-refractivity contribution in [2.24, 2.45) is 5.10 Å². The van der Waals surface area contributed by atoms with E-state index in [2.05, 4.69) is 10.5 Å². The van der Waals surface area contributed by atoms with Gasteiger partial charge in [-0.1, -0.05) is 6.92 Å². The number of carbonyl (C=O) groups excluding carboxylic acids is 3. The van der Waals surface area contributed by atoms with Crippen molar-refractivity contribution < 1.29 is 19.1 Å². The molecule has 2 heterocycles. The van der Waals surface area contributed by atoms with E-state index in [0.29, 0.717) is 50.5 Å². The van der Waals surface area contributed by atoms with Crippen LogP contribution in [0, 0.1) is 0 Å². The summed E-state index contributed by atoms with van der Waals surface area (Å²) < 4.78 is 5.53. The van der Waals surface area contributed by atoms with Crippen molar-refractivity contribution in [2.45, 2.75) is 26.2 Å². The van der Waals surface area contributed by atoms with E-state index >= 15 is 0 Å². The standard InChI is InChI=1S/C19H24N4O4/c1-2-13-27-15-5-3-14(4-6-15)18(25)22-9-11-23(12-10-22)19(26)16-7-8-17(24)21-20-16/h3-6H,2,7-13H2,1H3,(H,21,24). The van der Waals surface area contributed by atoms with Crippen molar-refractivity contribution in [3.63, 3.8) is 0 Å². The van der Waals surface area contributed by atoms with Gasteiger partial charge in [0.1, 0.15) is 11.5 Å². The highest BCUT2D eigenvalue weighted by Gasteiger charge is 2.28. The molecule has 1 aromatic rings. The van der Waals surface area contributed by atoms with Gasteiger partial charge in [0.25, 0.3) is 11.8 Å². The normalized spacial score (nSPS) is 17.2. The average molecular weight is 372 g/mol. The van der Waals surface area contributed by atoms with Crippen LogP contribution in [0.4, 0.5) is 0 Å². The first-order valence-corrected chi connectivity index (χ1v) is 9.25. The summed E-state index contributed by atoms with van der Waals surface area (Å²) >= 11 is 0. The van der Waals surface area contributed by atoms with E-state index in [1.807, 2.05) is 6.92 Å². The molecule has 0 saturated carbocycles. The van der Waals surface area contributed by atoms with Crippen LogP contribution in [0.1, 0.15) is 36.5 Å². The Morgan fingerprint density at radius 3 is 2.22 bits per heavy atom. The van der Waals surface area contributed by atoms with Gasteiger partial charge in [0.2, 0.25) is 5.91 Å². The van der Waals surface area contributed by atoms with Crippen LogP contribution in [0.2, 0.25) is 0 Å². The smallest absolute Gasteiger partial charge is 0.270 e. The molecule has 1 N–H and O–H groups in total. The van der Waals surface area contributed by atoms with E-state index in [4.69, 9.17) is 4.74 Å². The van der Waals surface area contributed by atoms with Gasteiger partial charge in [-0.05, 0) is 30.7 Å². The highest BCUT2D eigenvalue weighted by molar-refractivity contribution is 6.39. The van der Waals surface area contributed by atoms with Gasteiger partial charge in [0.15, 0.2) is 0 Å². The van der Waals surface area contributed by atoms with E-state index < -0.39 is 0 Å². The third-order valence-electron chi connectivity index (χ3n) is 4.58. The molecule has 144 valence electrons. The van der Waals surface area contributed by atoms with Gasteiger partial charge in [0.05, 0.1) is 6.61 Å². The predicted octanol–water partition coefficient (Wildman–Crippen LogP) is 1.03. The number of nitrogens with one attached hydrogen (secondary N) is 1. The second-order valence-corrected chi connectivity index (χ2v) is 6.55. The molecule has 0 aromatic heterocycles. The quantitative estimate of drug-likeness (QED) is 0.836. The molecule has 3 rings (SSSR count). The molecule has 0 unspecified atom stereocenters. The lowest BCUT2D eigenvalue weighted by Gasteiger charge is -2.35. The van der Waals surface area contributed by atoms with E-state index in [0.717, 1.165) is 12.2 Å². The molecule has 1 aromatic carbocycles. The molecule has 3 amide bonds. The Bertz CT molecular complexity index is 737. The Morgan fingerprint density at radius 2 is 1.67 bits per heavy atom. The van der Waals surface area contributed by atoms with Crippen LogP contribution in [0.3, 0.4) is 0 Å². The molecule has 8 nitrogen and oxygen atoms in total. The number of rotatable bonds is 5. The fourth-order valence-corrected chi connectivity index (χ4v) is 3.02. The van der Waals surface area contributed by atoms with Gasteiger partial charge < -0.3 is 14.5 Å². The van der Waals surface area contributed by atoms with Crippen LogP contribution in [0.15, 0.2) is 29.4 Å². The Balaban J connectivity index is 1.53. The largest absolute Gasteiger partial charge is 0.494 e. The number of nitrogens with zero attached hydrogens (tertiary/aromatic N) is 3. The van der Waals surface area contributed by atoms with Crippen molar-refractivity contribution in [3.05, 3.63) is 29.8 Å². The number of amides is 3. The van der Waals surface area contributed by atoms with Crippen molar-refractivity contribution >= 4 is 23.4 Å². The Hall–Kier alpha value is -2.90. The van der Waals surface area contributed by atoms with E-state index in [9.17, 15) is 14.4 Å². The van der Waals surface area contributed by atoms with Crippen LogP contribution < -0.4 is 10.2 Å².